The average Bonchev–Trinajstić information content (AvgIpc) is 3.12. The molecule has 4 nitrogen and oxygen atoms in total. The number of hydrogen-bond acceptors (Lipinski definition) is 4. The first kappa shape index (κ1) is 40.6. The molecule has 4 rings (SSSR count). The molecular formula is C45H55F6IrN2O2-. The molecule has 11 heteroatoms. The van der Waals surface area contributed by atoms with Crippen molar-refractivity contribution < 1.29 is 63.2 Å². The molecule has 4 aromatic rings. The Labute approximate surface area is 349 Å². The van der Waals surface area contributed by atoms with Crippen LogP contribution in [0.5, 0.6) is 0 Å². The van der Waals surface area contributed by atoms with Gasteiger partial charge in [-0.1, -0.05) is 104 Å². The maximum atomic E-state index is 14.7. The van der Waals surface area contributed by atoms with Crippen LogP contribution >= 0.6 is 0 Å². The van der Waals surface area contributed by atoms with Gasteiger partial charge in [-0.15, -0.1) is 29.1 Å². The van der Waals surface area contributed by atoms with Gasteiger partial charge < -0.3 is 5.11 Å². The quantitative estimate of drug-likeness (QED) is 0.0744. The van der Waals surface area contributed by atoms with Crippen molar-refractivity contribution in [1.82, 2.24) is 10.2 Å². The number of ketones is 1. The van der Waals surface area contributed by atoms with Crippen molar-refractivity contribution in [3.63, 3.8) is 0 Å². The summed E-state index contributed by atoms with van der Waals surface area (Å²) in [6, 6.07) is 13.4. The number of nitrogens with zero attached hydrogens (tertiary/aromatic N) is 2. The van der Waals surface area contributed by atoms with Gasteiger partial charge in [0.25, 0.3) is 0 Å². The minimum Gasteiger partial charge on any atom is -0.512 e. The van der Waals surface area contributed by atoms with Gasteiger partial charge >= 0.3 is 12.4 Å². The van der Waals surface area contributed by atoms with E-state index in [4.69, 9.17) is 6.85 Å². The number of carbonyl (C=O) groups is 1. The van der Waals surface area contributed by atoms with Gasteiger partial charge in [0.1, 0.15) is 0 Å². The zero-order chi connectivity index (χ0) is 46.0. The fourth-order valence-electron chi connectivity index (χ4n) is 6.37. The number of alkyl halides is 6. The first-order valence-electron chi connectivity index (χ1n) is 21.0. The maximum Gasteiger partial charge on any atom is 0.417 e. The molecule has 0 spiro atoms. The molecule has 0 aliphatic heterocycles. The van der Waals surface area contributed by atoms with Crippen molar-refractivity contribution in [2.24, 2.45) is 17.3 Å². The monoisotopic (exact) mass is 967 g/mol. The van der Waals surface area contributed by atoms with Crippen LogP contribution in [0.15, 0.2) is 60.4 Å². The molecule has 1 radical (unpaired) electrons. The molecular weight excluding hydrogens is 907 g/mol. The summed E-state index contributed by atoms with van der Waals surface area (Å²) < 4.78 is 129. The Balaban J connectivity index is 0.000000683. The molecule has 1 heterocycles. The number of aryl methyl sites for hydroxylation is 1. The molecule has 56 heavy (non-hydrogen) atoms. The van der Waals surface area contributed by atoms with E-state index in [1.54, 1.807) is 18.2 Å². The van der Waals surface area contributed by atoms with Crippen LogP contribution in [0.25, 0.3) is 33.2 Å². The number of rotatable bonds is 10. The van der Waals surface area contributed by atoms with Crippen molar-refractivity contribution >= 4 is 16.6 Å². The third-order valence-electron chi connectivity index (χ3n) is 9.27. The molecule has 0 saturated carbocycles. The van der Waals surface area contributed by atoms with Crippen molar-refractivity contribution in [3.05, 3.63) is 94.4 Å². The standard InChI is InChI=1S/C32H31F6N2.C13H24O2.Ir/c1-18-23(28-25(31(33,34)35)12-19(17-29(2,3)4)13-26(28)32(36,37)38)16-27(40-39-18)21-14-20-10-8-9-11-22(20)24(15-21)30(5,6)7;1-5-10(6-2)12(14)9-13(15)11(7-3)8-4;/h8-13,15-16H,17H2,1-7H3;9-11,14H,5-8H2,1-4H3;/q-1;;/b;12-9-;/i1D3,17D2;;. The molecule has 3 aromatic carbocycles. The Morgan fingerprint density at radius 2 is 1.36 bits per heavy atom. The molecule has 0 aliphatic carbocycles. The summed E-state index contributed by atoms with van der Waals surface area (Å²) in [5.41, 5.74) is -9.08. The number of benzene rings is 3. The Hall–Kier alpha value is -3.56. The zero-order valence-corrected chi connectivity index (χ0v) is 35.9. The van der Waals surface area contributed by atoms with E-state index in [2.05, 4.69) is 16.3 Å². The molecule has 0 unspecified atom stereocenters. The van der Waals surface area contributed by atoms with Crippen LogP contribution in [0.2, 0.25) is 0 Å². The first-order valence-corrected chi connectivity index (χ1v) is 18.5. The zero-order valence-electron chi connectivity index (χ0n) is 38.5. The van der Waals surface area contributed by atoms with E-state index in [1.807, 2.05) is 60.6 Å². The minimum absolute atomic E-state index is 0. The van der Waals surface area contributed by atoms with E-state index < -0.39 is 69.9 Å². The number of aromatic nitrogens is 2. The smallest absolute Gasteiger partial charge is 0.417 e. The fourth-order valence-corrected chi connectivity index (χ4v) is 6.37. The number of aliphatic hydroxyl groups excluding tert-OH is 1. The van der Waals surface area contributed by atoms with Gasteiger partial charge in [0, 0.05) is 61.7 Å². The maximum absolute atomic E-state index is 14.7. The number of carbonyl (C=O) groups excluding carboxylic acids is 1. The van der Waals surface area contributed by atoms with E-state index in [0.29, 0.717) is 17.5 Å². The largest absolute Gasteiger partial charge is 0.512 e. The topological polar surface area (TPSA) is 63.1 Å². The third kappa shape index (κ3) is 12.5. The number of hydrogen-bond donors (Lipinski definition) is 1. The van der Waals surface area contributed by atoms with Gasteiger partial charge in [0.15, 0.2) is 5.78 Å². The summed E-state index contributed by atoms with van der Waals surface area (Å²) in [5.74, 6) is 0.547. The first-order chi connectivity index (χ1) is 27.3. The number of allylic oxidation sites excluding steroid dienone is 2. The fraction of sp³-hybridized carbons (Fsp3) is 0.489. The van der Waals surface area contributed by atoms with E-state index in [1.165, 1.54) is 26.8 Å². The summed E-state index contributed by atoms with van der Waals surface area (Å²) in [5, 5.41) is 18.8. The Morgan fingerprint density at radius 3 is 1.82 bits per heavy atom. The van der Waals surface area contributed by atoms with Gasteiger partial charge in [-0.25, -0.2) is 0 Å². The molecule has 0 saturated heterocycles. The van der Waals surface area contributed by atoms with Crippen LogP contribution in [0.4, 0.5) is 26.3 Å². The van der Waals surface area contributed by atoms with E-state index in [0.717, 1.165) is 42.7 Å². The Morgan fingerprint density at radius 1 is 0.821 bits per heavy atom. The SMILES string of the molecule is CCC(CC)C(=O)/C=C(\O)C(CC)CC.[2H]C([2H])([2H])c1nnc(-c2[c-]c3ccccc3c(C(C)(C)C)c2)cc1-c1c(C(F)(F)F)cc(C([2H])([2H])C(C)(C)C)cc1C(F)(F)F.[Ir]. The van der Waals surface area contributed by atoms with Gasteiger partial charge in [0.2, 0.25) is 0 Å². The Bertz CT molecular complexity index is 2150. The second-order valence-electron chi connectivity index (χ2n) is 15.7. The number of fused-ring (bicyclic) bond motifs is 1. The van der Waals surface area contributed by atoms with Gasteiger partial charge in [-0.3, -0.25) is 4.79 Å². The molecule has 0 aliphatic rings. The molecule has 1 N–H and O–H groups in total. The van der Waals surface area contributed by atoms with E-state index in [-0.39, 0.29) is 54.7 Å². The van der Waals surface area contributed by atoms with Crippen LogP contribution in [0.3, 0.4) is 0 Å². The minimum atomic E-state index is -5.44. The summed E-state index contributed by atoms with van der Waals surface area (Å²) in [6.45, 7) is 14.6. The molecule has 0 atom stereocenters. The van der Waals surface area contributed by atoms with Crippen LogP contribution < -0.4 is 0 Å². The van der Waals surface area contributed by atoms with E-state index in [9.17, 15) is 36.2 Å². The molecule has 0 fully saturated rings. The van der Waals surface area contributed by atoms with Gasteiger partial charge in [0.05, 0.1) is 22.6 Å². The van der Waals surface area contributed by atoms with E-state index >= 15 is 0 Å². The van der Waals surface area contributed by atoms with Crippen LogP contribution in [0.1, 0.15) is 130 Å². The average molecular weight is 967 g/mol. The normalized spacial score (nSPS) is 14.6. The van der Waals surface area contributed by atoms with Gasteiger partial charge in [-0.2, -0.15) is 36.5 Å². The summed E-state index contributed by atoms with van der Waals surface area (Å²) in [6.07, 6.45) is -8.61. The summed E-state index contributed by atoms with van der Waals surface area (Å²) in [4.78, 5) is 11.7. The molecule has 0 bridgehead atoms. The number of halogens is 6. The molecule has 1 aromatic heterocycles. The van der Waals surface area contributed by atoms with Crippen molar-refractivity contribution in [2.75, 3.05) is 0 Å². The Kier molecular flexibility index (Phi) is 14.0. The second-order valence-corrected chi connectivity index (χ2v) is 15.7. The van der Waals surface area contributed by atoms with Gasteiger partial charge in [-0.05, 0) is 67.4 Å². The van der Waals surface area contributed by atoms with Crippen molar-refractivity contribution in [2.45, 2.75) is 126 Å². The summed E-state index contributed by atoms with van der Waals surface area (Å²) >= 11 is 0. The third-order valence-corrected chi connectivity index (χ3v) is 9.27. The molecule has 0 amide bonds. The van der Waals surface area contributed by atoms with Crippen molar-refractivity contribution in [3.8, 4) is 22.4 Å². The number of aliphatic hydroxyl groups is 1. The van der Waals surface area contributed by atoms with Crippen LogP contribution in [0, 0.1) is 30.2 Å². The van der Waals surface area contributed by atoms with Crippen LogP contribution in [-0.2, 0) is 49.0 Å². The molecule has 309 valence electrons. The van der Waals surface area contributed by atoms with Crippen molar-refractivity contribution in [1.29, 1.82) is 0 Å². The predicted molar refractivity (Wildman–Crippen MR) is 210 cm³/mol. The predicted octanol–water partition coefficient (Wildman–Crippen LogP) is 13.9. The summed E-state index contributed by atoms with van der Waals surface area (Å²) in [7, 11) is 0. The van der Waals surface area contributed by atoms with Crippen LogP contribution in [-0.4, -0.2) is 21.1 Å². The second kappa shape index (κ2) is 19.3.